The van der Waals surface area contributed by atoms with Crippen molar-refractivity contribution >= 4 is 10.9 Å². The van der Waals surface area contributed by atoms with Gasteiger partial charge in [0.2, 0.25) is 0 Å². The summed E-state index contributed by atoms with van der Waals surface area (Å²) in [5, 5.41) is 42.7. The number of rotatable bonds is 5. The second kappa shape index (κ2) is 7.89. The van der Waals surface area contributed by atoms with Crippen molar-refractivity contribution in [1.29, 1.82) is 0 Å². The summed E-state index contributed by atoms with van der Waals surface area (Å²) in [6.07, 6.45) is -2.04. The summed E-state index contributed by atoms with van der Waals surface area (Å²) in [4.78, 5) is 3.37. The molecule has 0 aliphatic carbocycles. The van der Waals surface area contributed by atoms with Crippen molar-refractivity contribution in [2.75, 3.05) is 13.2 Å². The van der Waals surface area contributed by atoms with Crippen LogP contribution in [-0.2, 0) is 23.2 Å². The molecule has 2 heterocycles. The first-order chi connectivity index (χ1) is 14.0. The molecular weight excluding hydrogens is 370 g/mol. The Morgan fingerprint density at radius 2 is 1.83 bits per heavy atom. The van der Waals surface area contributed by atoms with Crippen molar-refractivity contribution in [2.24, 2.45) is 0 Å². The summed E-state index contributed by atoms with van der Waals surface area (Å²) in [5.74, 6) is 0. The lowest BCUT2D eigenvalue weighted by molar-refractivity contribution is -0.252. The summed E-state index contributed by atoms with van der Waals surface area (Å²) >= 11 is 0. The van der Waals surface area contributed by atoms with Crippen molar-refractivity contribution in [3.05, 3.63) is 70.9 Å². The Bertz CT molecular complexity index is 983. The fourth-order valence-electron chi connectivity index (χ4n) is 4.18. The van der Waals surface area contributed by atoms with Gasteiger partial charge in [-0.05, 0) is 35.2 Å². The molecular formula is C23H27NO5. The lowest BCUT2D eigenvalue weighted by atomic mass is 9.78. The first kappa shape index (κ1) is 20.1. The molecule has 0 saturated carbocycles. The Balaban J connectivity index is 1.72. The molecule has 3 aromatic rings. The Morgan fingerprint density at radius 3 is 2.52 bits per heavy atom. The molecule has 0 amide bonds. The van der Waals surface area contributed by atoms with E-state index in [1.807, 2.05) is 12.1 Å². The average Bonchev–Trinajstić information content (AvgIpc) is 3.15. The number of aryl methyl sites for hydroxylation is 1. The summed E-state index contributed by atoms with van der Waals surface area (Å²) in [6, 6.07) is 15.8. The van der Waals surface area contributed by atoms with Gasteiger partial charge in [0, 0.05) is 23.0 Å². The minimum atomic E-state index is -1.94. The van der Waals surface area contributed by atoms with Gasteiger partial charge in [-0.25, -0.2) is 0 Å². The zero-order valence-electron chi connectivity index (χ0n) is 16.4. The lowest BCUT2D eigenvalue weighted by Gasteiger charge is -2.44. The van der Waals surface area contributed by atoms with Crippen molar-refractivity contribution in [1.82, 2.24) is 4.98 Å². The number of aromatic nitrogens is 1. The Labute approximate surface area is 169 Å². The van der Waals surface area contributed by atoms with Gasteiger partial charge in [0.1, 0.15) is 23.9 Å². The molecule has 1 aliphatic rings. The van der Waals surface area contributed by atoms with Gasteiger partial charge in [-0.1, -0.05) is 43.3 Å². The van der Waals surface area contributed by atoms with E-state index in [4.69, 9.17) is 4.74 Å². The molecule has 154 valence electrons. The molecule has 0 spiro atoms. The smallest absolute Gasteiger partial charge is 0.147 e. The SMILES string of the molecule is CCc1ccc(Cc2cc3c([C@@]4(O)[C@H](O)[C@@H](CO)OC[C@@H]4O)cccc3[nH]2)cc1. The number of nitrogens with one attached hydrogen (secondary N) is 1. The van der Waals surface area contributed by atoms with Crippen LogP contribution in [0.25, 0.3) is 10.9 Å². The topological polar surface area (TPSA) is 106 Å². The summed E-state index contributed by atoms with van der Waals surface area (Å²) in [5.41, 5.74) is 2.71. The van der Waals surface area contributed by atoms with E-state index >= 15 is 0 Å². The number of benzene rings is 2. The minimum Gasteiger partial charge on any atom is -0.394 e. The Hall–Kier alpha value is -2.22. The van der Waals surface area contributed by atoms with Crippen LogP contribution in [0.3, 0.4) is 0 Å². The Kier molecular flexibility index (Phi) is 5.46. The van der Waals surface area contributed by atoms with E-state index < -0.39 is 30.5 Å². The largest absolute Gasteiger partial charge is 0.394 e. The number of aliphatic hydroxyl groups is 4. The highest BCUT2D eigenvalue weighted by Crippen LogP contribution is 2.39. The van der Waals surface area contributed by atoms with Gasteiger partial charge in [-0.15, -0.1) is 0 Å². The lowest BCUT2D eigenvalue weighted by Crippen LogP contribution is -2.61. The van der Waals surface area contributed by atoms with Crippen LogP contribution in [0.1, 0.15) is 29.3 Å². The van der Waals surface area contributed by atoms with E-state index in [2.05, 4.69) is 36.2 Å². The molecule has 29 heavy (non-hydrogen) atoms. The summed E-state index contributed by atoms with van der Waals surface area (Å²) in [6.45, 7) is 1.51. The van der Waals surface area contributed by atoms with Gasteiger partial charge >= 0.3 is 0 Å². The maximum atomic E-state index is 11.3. The van der Waals surface area contributed by atoms with E-state index in [-0.39, 0.29) is 6.61 Å². The van der Waals surface area contributed by atoms with Crippen LogP contribution in [0, 0.1) is 0 Å². The number of hydrogen-bond donors (Lipinski definition) is 5. The molecule has 1 aliphatic heterocycles. The fraction of sp³-hybridized carbons (Fsp3) is 0.391. The second-order valence-electron chi connectivity index (χ2n) is 7.75. The zero-order chi connectivity index (χ0) is 20.6. The van der Waals surface area contributed by atoms with Crippen LogP contribution in [0.4, 0.5) is 0 Å². The van der Waals surface area contributed by atoms with E-state index in [1.54, 1.807) is 12.1 Å². The maximum absolute atomic E-state index is 11.3. The monoisotopic (exact) mass is 397 g/mol. The maximum Gasteiger partial charge on any atom is 0.147 e. The highest BCUT2D eigenvalue weighted by atomic mass is 16.5. The van der Waals surface area contributed by atoms with Crippen molar-refractivity contribution in [3.63, 3.8) is 0 Å². The van der Waals surface area contributed by atoms with Crippen LogP contribution < -0.4 is 0 Å². The number of fused-ring (bicyclic) bond motifs is 1. The van der Waals surface area contributed by atoms with Crippen LogP contribution in [0.15, 0.2) is 48.5 Å². The molecule has 4 atom stereocenters. The molecule has 0 unspecified atom stereocenters. The van der Waals surface area contributed by atoms with Gasteiger partial charge in [0.25, 0.3) is 0 Å². The van der Waals surface area contributed by atoms with Crippen molar-refractivity contribution < 1.29 is 25.2 Å². The normalized spacial score (nSPS) is 27.4. The highest BCUT2D eigenvalue weighted by molar-refractivity contribution is 5.85. The van der Waals surface area contributed by atoms with Crippen molar-refractivity contribution in [2.45, 2.75) is 43.7 Å². The molecule has 2 aromatic carbocycles. The number of H-pyrrole nitrogens is 1. The van der Waals surface area contributed by atoms with Gasteiger partial charge in [0.15, 0.2) is 0 Å². The molecule has 1 fully saturated rings. The van der Waals surface area contributed by atoms with Crippen LogP contribution in [0.2, 0.25) is 0 Å². The van der Waals surface area contributed by atoms with Crippen LogP contribution in [-0.4, -0.2) is 56.9 Å². The molecule has 6 heteroatoms. The molecule has 5 N–H and O–H groups in total. The second-order valence-corrected chi connectivity index (χ2v) is 7.75. The Morgan fingerprint density at radius 1 is 1.10 bits per heavy atom. The molecule has 1 aromatic heterocycles. The molecule has 1 saturated heterocycles. The zero-order valence-corrected chi connectivity index (χ0v) is 16.4. The predicted octanol–water partition coefficient (Wildman–Crippen LogP) is 1.62. The predicted molar refractivity (Wildman–Crippen MR) is 110 cm³/mol. The molecule has 6 nitrogen and oxygen atoms in total. The average molecular weight is 397 g/mol. The van der Waals surface area contributed by atoms with Crippen LogP contribution >= 0.6 is 0 Å². The van der Waals surface area contributed by atoms with E-state index in [0.717, 1.165) is 23.0 Å². The summed E-state index contributed by atoms with van der Waals surface area (Å²) < 4.78 is 5.27. The molecule has 0 radical (unpaired) electrons. The van der Waals surface area contributed by atoms with Gasteiger partial charge in [-0.2, -0.15) is 0 Å². The third-order valence-electron chi connectivity index (χ3n) is 5.94. The number of aromatic amines is 1. The third kappa shape index (κ3) is 3.47. The highest BCUT2D eigenvalue weighted by Gasteiger charge is 2.52. The first-order valence-electron chi connectivity index (χ1n) is 9.97. The number of hydrogen-bond acceptors (Lipinski definition) is 5. The fourth-order valence-corrected chi connectivity index (χ4v) is 4.18. The van der Waals surface area contributed by atoms with Gasteiger partial charge < -0.3 is 30.1 Å². The minimum absolute atomic E-state index is 0.170. The first-order valence-corrected chi connectivity index (χ1v) is 9.97. The van der Waals surface area contributed by atoms with Gasteiger partial charge in [-0.3, -0.25) is 0 Å². The van der Waals surface area contributed by atoms with Gasteiger partial charge in [0.05, 0.1) is 13.2 Å². The van der Waals surface area contributed by atoms with E-state index in [1.165, 1.54) is 11.1 Å². The van der Waals surface area contributed by atoms with Crippen molar-refractivity contribution in [3.8, 4) is 0 Å². The molecule has 4 rings (SSSR count). The molecule has 0 bridgehead atoms. The van der Waals surface area contributed by atoms with E-state index in [9.17, 15) is 20.4 Å². The van der Waals surface area contributed by atoms with E-state index in [0.29, 0.717) is 12.0 Å². The van der Waals surface area contributed by atoms with Crippen LogP contribution in [0.5, 0.6) is 0 Å². The summed E-state index contributed by atoms with van der Waals surface area (Å²) in [7, 11) is 0. The quantitative estimate of drug-likeness (QED) is 0.450. The number of ether oxygens (including phenoxy) is 1. The standard InChI is InChI=1S/C23H27NO5/c1-2-14-6-8-15(9-7-14)10-16-11-17-18(4-3-5-19(17)24-16)23(28)21(26)13-29-20(12-25)22(23)27/h3-9,11,20-22,24-28H,2,10,12-13H2,1H3/t20-,21+,22-,23+/m1/s1. The third-order valence-corrected chi connectivity index (χ3v) is 5.94. The number of aliphatic hydroxyl groups excluding tert-OH is 3.